The van der Waals surface area contributed by atoms with Crippen molar-refractivity contribution in [1.82, 2.24) is 4.98 Å². The van der Waals surface area contributed by atoms with Crippen molar-refractivity contribution < 1.29 is 9.53 Å². The number of hydrogen-bond acceptors (Lipinski definition) is 4. The van der Waals surface area contributed by atoms with Crippen LogP contribution in [-0.4, -0.2) is 18.0 Å². The lowest BCUT2D eigenvalue weighted by atomic mass is 10.0. The zero-order chi connectivity index (χ0) is 17.8. The van der Waals surface area contributed by atoms with E-state index in [4.69, 9.17) is 4.74 Å². The van der Waals surface area contributed by atoms with Crippen LogP contribution in [0, 0.1) is 0 Å². The molecule has 1 aromatic heterocycles. The molecule has 0 aliphatic heterocycles. The predicted molar refractivity (Wildman–Crippen MR) is 104 cm³/mol. The van der Waals surface area contributed by atoms with Crippen molar-refractivity contribution in [2.45, 2.75) is 32.6 Å². The Hall–Kier alpha value is -2.40. The summed E-state index contributed by atoms with van der Waals surface area (Å²) >= 11 is 1.46. The standard InChI is InChI=1S/C20H22N2O2S/c1-13(2)15-7-4-14(5-8-15)6-11-19(23)22-20-21-17-10-9-16(24-3)12-18(17)25-20/h4-5,7-10,12-13H,6,11H2,1-3H3,(H,21,22,23). The number of rotatable bonds is 6. The Bertz CT molecular complexity index is 869. The Labute approximate surface area is 151 Å². The van der Waals surface area contributed by atoms with Gasteiger partial charge in [-0.3, -0.25) is 4.79 Å². The van der Waals surface area contributed by atoms with Crippen LogP contribution in [-0.2, 0) is 11.2 Å². The number of amides is 1. The molecular formula is C20H22N2O2S. The minimum absolute atomic E-state index is 0.0149. The summed E-state index contributed by atoms with van der Waals surface area (Å²) in [6.07, 6.45) is 1.17. The molecule has 0 bridgehead atoms. The van der Waals surface area contributed by atoms with E-state index in [0.29, 0.717) is 17.5 Å². The maximum atomic E-state index is 12.2. The Morgan fingerprint density at radius 3 is 2.64 bits per heavy atom. The quantitative estimate of drug-likeness (QED) is 0.678. The van der Waals surface area contributed by atoms with Crippen LogP contribution in [0.15, 0.2) is 42.5 Å². The predicted octanol–water partition coefficient (Wildman–Crippen LogP) is 5.00. The van der Waals surface area contributed by atoms with E-state index in [1.54, 1.807) is 7.11 Å². The van der Waals surface area contributed by atoms with Crippen LogP contribution in [0.5, 0.6) is 5.75 Å². The van der Waals surface area contributed by atoms with E-state index in [9.17, 15) is 4.79 Å². The van der Waals surface area contributed by atoms with Crippen LogP contribution < -0.4 is 10.1 Å². The second-order valence-electron chi connectivity index (χ2n) is 6.30. The van der Waals surface area contributed by atoms with Gasteiger partial charge in [0.15, 0.2) is 5.13 Å². The van der Waals surface area contributed by atoms with Gasteiger partial charge >= 0.3 is 0 Å². The monoisotopic (exact) mass is 354 g/mol. The van der Waals surface area contributed by atoms with E-state index in [1.165, 1.54) is 22.5 Å². The van der Waals surface area contributed by atoms with Crippen molar-refractivity contribution >= 4 is 32.6 Å². The summed E-state index contributed by atoms with van der Waals surface area (Å²) in [6.45, 7) is 4.35. The molecule has 25 heavy (non-hydrogen) atoms. The second-order valence-corrected chi connectivity index (χ2v) is 7.33. The summed E-state index contributed by atoms with van der Waals surface area (Å²) in [5.41, 5.74) is 3.36. The van der Waals surface area contributed by atoms with Crippen LogP contribution in [0.3, 0.4) is 0 Å². The van der Waals surface area contributed by atoms with E-state index in [0.717, 1.165) is 22.4 Å². The normalized spacial score (nSPS) is 11.0. The molecule has 2 aromatic carbocycles. The first kappa shape index (κ1) is 17.4. The van der Waals surface area contributed by atoms with Gasteiger partial charge in [-0.1, -0.05) is 49.4 Å². The number of hydrogen-bond donors (Lipinski definition) is 1. The number of thiazole rings is 1. The summed E-state index contributed by atoms with van der Waals surface area (Å²) in [4.78, 5) is 16.6. The number of nitrogens with one attached hydrogen (secondary N) is 1. The highest BCUT2D eigenvalue weighted by Crippen LogP contribution is 2.29. The van der Waals surface area contributed by atoms with E-state index in [-0.39, 0.29) is 5.91 Å². The maximum absolute atomic E-state index is 12.2. The molecule has 4 nitrogen and oxygen atoms in total. The number of carbonyl (C=O) groups excluding carboxylic acids is 1. The van der Waals surface area contributed by atoms with Gasteiger partial charge in [-0.05, 0) is 41.7 Å². The van der Waals surface area contributed by atoms with Gasteiger partial charge in [0.25, 0.3) is 0 Å². The topological polar surface area (TPSA) is 51.2 Å². The number of nitrogens with zero attached hydrogens (tertiary/aromatic N) is 1. The van der Waals surface area contributed by atoms with Crippen LogP contribution in [0.2, 0.25) is 0 Å². The third kappa shape index (κ3) is 4.37. The van der Waals surface area contributed by atoms with Gasteiger partial charge in [0.1, 0.15) is 5.75 Å². The molecule has 0 aliphatic rings. The number of fused-ring (bicyclic) bond motifs is 1. The highest BCUT2D eigenvalue weighted by molar-refractivity contribution is 7.22. The molecule has 0 aliphatic carbocycles. The average Bonchev–Trinajstić information content (AvgIpc) is 3.01. The fourth-order valence-corrected chi connectivity index (χ4v) is 3.50. The van der Waals surface area contributed by atoms with Crippen LogP contribution in [0.1, 0.15) is 37.3 Å². The second kappa shape index (κ2) is 7.66. The highest BCUT2D eigenvalue weighted by Gasteiger charge is 2.09. The molecule has 130 valence electrons. The van der Waals surface area contributed by atoms with Crippen LogP contribution >= 0.6 is 11.3 Å². The molecule has 3 rings (SSSR count). The van der Waals surface area contributed by atoms with Crippen molar-refractivity contribution in [3.63, 3.8) is 0 Å². The molecule has 0 unspecified atom stereocenters. The van der Waals surface area contributed by atoms with Gasteiger partial charge in [0, 0.05) is 6.42 Å². The molecule has 1 N–H and O–H groups in total. The first-order chi connectivity index (χ1) is 12.0. The smallest absolute Gasteiger partial charge is 0.226 e. The van der Waals surface area contributed by atoms with E-state index in [2.05, 4.69) is 48.4 Å². The third-order valence-electron chi connectivity index (χ3n) is 4.13. The molecule has 0 saturated carbocycles. The molecule has 0 atom stereocenters. The number of aryl methyl sites for hydroxylation is 1. The lowest BCUT2D eigenvalue weighted by Gasteiger charge is -2.07. The Kier molecular flexibility index (Phi) is 5.34. The number of methoxy groups -OCH3 is 1. The first-order valence-corrected chi connectivity index (χ1v) is 9.20. The first-order valence-electron chi connectivity index (χ1n) is 8.38. The number of aromatic nitrogens is 1. The highest BCUT2D eigenvalue weighted by atomic mass is 32.1. The molecule has 0 fully saturated rings. The molecule has 1 heterocycles. The SMILES string of the molecule is COc1ccc2nc(NC(=O)CCc3ccc(C(C)C)cc3)sc2c1. The summed E-state index contributed by atoms with van der Waals surface area (Å²) in [7, 11) is 1.64. The molecule has 0 radical (unpaired) electrons. The van der Waals surface area contributed by atoms with Crippen molar-refractivity contribution in [1.29, 1.82) is 0 Å². The van der Waals surface area contributed by atoms with Crippen molar-refractivity contribution in [2.75, 3.05) is 12.4 Å². The number of ether oxygens (including phenoxy) is 1. The van der Waals surface area contributed by atoms with E-state index in [1.807, 2.05) is 18.2 Å². The van der Waals surface area contributed by atoms with Crippen molar-refractivity contribution in [2.24, 2.45) is 0 Å². The van der Waals surface area contributed by atoms with Crippen LogP contribution in [0.25, 0.3) is 10.2 Å². The molecular weight excluding hydrogens is 332 g/mol. The number of carbonyl (C=O) groups is 1. The Morgan fingerprint density at radius 2 is 1.96 bits per heavy atom. The summed E-state index contributed by atoms with van der Waals surface area (Å²) in [6, 6.07) is 14.2. The van der Waals surface area contributed by atoms with Gasteiger partial charge in [-0.15, -0.1) is 0 Å². The molecule has 5 heteroatoms. The zero-order valence-electron chi connectivity index (χ0n) is 14.7. The molecule has 0 saturated heterocycles. The fraction of sp³-hybridized carbons (Fsp3) is 0.300. The average molecular weight is 354 g/mol. The molecule has 0 spiro atoms. The van der Waals surface area contributed by atoms with Crippen molar-refractivity contribution in [3.8, 4) is 5.75 Å². The van der Waals surface area contributed by atoms with E-state index >= 15 is 0 Å². The number of anilines is 1. The molecule has 1 amide bonds. The maximum Gasteiger partial charge on any atom is 0.226 e. The number of benzene rings is 2. The lowest BCUT2D eigenvalue weighted by Crippen LogP contribution is -2.12. The fourth-order valence-electron chi connectivity index (χ4n) is 2.59. The largest absolute Gasteiger partial charge is 0.497 e. The van der Waals surface area contributed by atoms with E-state index < -0.39 is 0 Å². The van der Waals surface area contributed by atoms with Gasteiger partial charge in [-0.2, -0.15) is 0 Å². The third-order valence-corrected chi connectivity index (χ3v) is 5.06. The van der Waals surface area contributed by atoms with Crippen LogP contribution in [0.4, 0.5) is 5.13 Å². The summed E-state index contributed by atoms with van der Waals surface area (Å²) < 4.78 is 6.21. The van der Waals surface area contributed by atoms with Gasteiger partial charge in [0.2, 0.25) is 5.91 Å². The zero-order valence-corrected chi connectivity index (χ0v) is 15.5. The Balaban J connectivity index is 1.58. The minimum atomic E-state index is -0.0149. The van der Waals surface area contributed by atoms with Gasteiger partial charge in [-0.25, -0.2) is 4.98 Å². The van der Waals surface area contributed by atoms with Gasteiger partial charge in [0.05, 0.1) is 17.3 Å². The Morgan fingerprint density at radius 1 is 1.20 bits per heavy atom. The van der Waals surface area contributed by atoms with Gasteiger partial charge < -0.3 is 10.1 Å². The lowest BCUT2D eigenvalue weighted by molar-refractivity contribution is -0.116. The summed E-state index contributed by atoms with van der Waals surface area (Å²) in [5.74, 6) is 1.30. The minimum Gasteiger partial charge on any atom is -0.497 e. The van der Waals surface area contributed by atoms with Crippen molar-refractivity contribution in [3.05, 3.63) is 53.6 Å². The molecule has 3 aromatic rings. The summed E-state index contributed by atoms with van der Waals surface area (Å²) in [5, 5.41) is 3.52.